The second-order valence-corrected chi connectivity index (χ2v) is 6.27. The molecule has 4 atom stereocenters. The number of carboxylic acids is 1. The van der Waals surface area contributed by atoms with Gasteiger partial charge in [-0.3, -0.25) is 9.59 Å². The topological polar surface area (TPSA) is 66.8 Å². The fourth-order valence-electron chi connectivity index (χ4n) is 3.89. The summed E-state index contributed by atoms with van der Waals surface area (Å²) in [5, 5.41) is 9.41. The van der Waals surface area contributed by atoms with Crippen molar-refractivity contribution in [3.05, 3.63) is 54.1 Å². The van der Waals surface area contributed by atoms with E-state index in [0.717, 1.165) is 5.56 Å². The zero-order valence-corrected chi connectivity index (χ0v) is 12.5. The molecule has 3 heterocycles. The van der Waals surface area contributed by atoms with Gasteiger partial charge in [0.15, 0.2) is 0 Å². The van der Waals surface area contributed by atoms with Gasteiger partial charge in [0.2, 0.25) is 5.91 Å². The molecule has 1 amide bonds. The Morgan fingerprint density at radius 3 is 2.91 bits per heavy atom. The fraction of sp³-hybridized carbons (Fsp3) is 0.333. The van der Waals surface area contributed by atoms with Gasteiger partial charge in [-0.2, -0.15) is 0 Å². The smallest absolute Gasteiger partial charge is 0.310 e. The van der Waals surface area contributed by atoms with E-state index in [1.165, 1.54) is 0 Å². The van der Waals surface area contributed by atoms with Gasteiger partial charge in [0.25, 0.3) is 0 Å². The second-order valence-electron chi connectivity index (χ2n) is 6.27. The summed E-state index contributed by atoms with van der Waals surface area (Å²) < 4.78 is 5.84. The molecule has 2 saturated heterocycles. The van der Waals surface area contributed by atoms with Crippen molar-refractivity contribution >= 4 is 18.0 Å². The third-order valence-corrected chi connectivity index (χ3v) is 4.90. The van der Waals surface area contributed by atoms with Crippen LogP contribution in [-0.2, 0) is 14.3 Å². The van der Waals surface area contributed by atoms with E-state index in [1.54, 1.807) is 11.0 Å². The van der Waals surface area contributed by atoms with Crippen LogP contribution in [0.25, 0.3) is 6.08 Å². The first-order chi connectivity index (χ1) is 11.1. The minimum atomic E-state index is -0.957. The second kappa shape index (κ2) is 5.06. The normalized spacial score (nSPS) is 34.5. The molecule has 1 N–H and O–H groups in total. The highest BCUT2D eigenvalue weighted by atomic mass is 16.5. The highest BCUT2D eigenvalue weighted by Crippen LogP contribution is 2.51. The van der Waals surface area contributed by atoms with Crippen LogP contribution in [0, 0.1) is 11.8 Å². The number of rotatable bonds is 4. The van der Waals surface area contributed by atoms with Crippen molar-refractivity contribution < 1.29 is 19.4 Å². The van der Waals surface area contributed by atoms with E-state index in [-0.39, 0.29) is 5.91 Å². The number of aliphatic carboxylic acids is 1. The van der Waals surface area contributed by atoms with E-state index in [0.29, 0.717) is 13.1 Å². The summed E-state index contributed by atoms with van der Waals surface area (Å²) in [5.41, 5.74) is 0.323. The average molecular weight is 311 g/mol. The Kier molecular flexibility index (Phi) is 3.13. The fourth-order valence-corrected chi connectivity index (χ4v) is 3.89. The van der Waals surface area contributed by atoms with Gasteiger partial charge in [0, 0.05) is 6.54 Å². The van der Waals surface area contributed by atoms with Crippen molar-refractivity contribution in [2.75, 3.05) is 13.1 Å². The molecule has 2 bridgehead atoms. The zero-order chi connectivity index (χ0) is 16.0. The molecular weight excluding hydrogens is 294 g/mol. The van der Waals surface area contributed by atoms with Crippen molar-refractivity contribution in [3.63, 3.8) is 0 Å². The lowest BCUT2D eigenvalue weighted by atomic mass is 9.77. The first-order valence-electron chi connectivity index (χ1n) is 7.71. The number of nitrogens with zero attached hydrogens (tertiary/aromatic N) is 1. The van der Waals surface area contributed by atoms with Crippen LogP contribution in [0.1, 0.15) is 5.56 Å². The molecule has 3 aliphatic rings. The predicted molar refractivity (Wildman–Crippen MR) is 83.4 cm³/mol. The maximum absolute atomic E-state index is 12.6. The van der Waals surface area contributed by atoms with E-state index in [2.05, 4.69) is 0 Å². The van der Waals surface area contributed by atoms with Crippen LogP contribution in [0.3, 0.4) is 0 Å². The number of benzene rings is 1. The third-order valence-electron chi connectivity index (χ3n) is 4.90. The number of hydrogen-bond donors (Lipinski definition) is 1. The van der Waals surface area contributed by atoms with Gasteiger partial charge < -0.3 is 14.7 Å². The quantitative estimate of drug-likeness (QED) is 0.857. The van der Waals surface area contributed by atoms with Crippen LogP contribution in [0.5, 0.6) is 0 Å². The summed E-state index contributed by atoms with van der Waals surface area (Å²) in [6, 6.07) is 9.85. The minimum absolute atomic E-state index is 0.123. The number of carbonyl (C=O) groups excluding carboxylic acids is 1. The first kappa shape index (κ1) is 14.2. The number of amides is 1. The van der Waals surface area contributed by atoms with Crippen molar-refractivity contribution in [2.45, 2.75) is 11.7 Å². The summed E-state index contributed by atoms with van der Waals surface area (Å²) in [6.07, 6.45) is 7.08. The molecular formula is C18H17NO4. The molecule has 3 aliphatic heterocycles. The van der Waals surface area contributed by atoms with E-state index >= 15 is 0 Å². The Morgan fingerprint density at radius 1 is 1.39 bits per heavy atom. The lowest BCUT2D eigenvalue weighted by Crippen LogP contribution is -2.39. The van der Waals surface area contributed by atoms with Crippen molar-refractivity contribution in [1.82, 2.24) is 4.90 Å². The summed E-state index contributed by atoms with van der Waals surface area (Å²) >= 11 is 0. The minimum Gasteiger partial charge on any atom is -0.481 e. The van der Waals surface area contributed by atoms with Gasteiger partial charge in [-0.15, -0.1) is 0 Å². The first-order valence-corrected chi connectivity index (χ1v) is 7.71. The van der Waals surface area contributed by atoms with Crippen LogP contribution in [-0.4, -0.2) is 46.7 Å². The number of hydrogen-bond acceptors (Lipinski definition) is 3. The lowest BCUT2D eigenvalue weighted by molar-refractivity contribution is -0.147. The van der Waals surface area contributed by atoms with Gasteiger partial charge in [-0.05, 0) is 5.56 Å². The third kappa shape index (κ3) is 2.11. The number of ether oxygens (including phenoxy) is 1. The zero-order valence-electron chi connectivity index (χ0n) is 12.5. The SMILES string of the molecule is O=C(O)[C@H]1[C@H]2C(=O)N(C/C=C/c3ccccc3)C[C@]23C=C[C@H]1O3. The van der Waals surface area contributed by atoms with Gasteiger partial charge in [0.05, 0.1) is 18.6 Å². The molecule has 23 heavy (non-hydrogen) atoms. The molecule has 1 aromatic carbocycles. The summed E-state index contributed by atoms with van der Waals surface area (Å²) in [4.78, 5) is 25.8. The molecule has 1 spiro atoms. The van der Waals surface area contributed by atoms with Crippen molar-refractivity contribution in [1.29, 1.82) is 0 Å². The van der Waals surface area contributed by atoms with Gasteiger partial charge in [0.1, 0.15) is 11.5 Å². The Morgan fingerprint density at radius 2 is 2.17 bits per heavy atom. The molecule has 0 saturated carbocycles. The monoisotopic (exact) mass is 311 g/mol. The lowest BCUT2D eigenvalue weighted by Gasteiger charge is -2.21. The molecule has 5 nitrogen and oxygen atoms in total. The molecule has 1 aromatic rings. The van der Waals surface area contributed by atoms with Crippen molar-refractivity contribution in [2.24, 2.45) is 11.8 Å². The van der Waals surface area contributed by atoms with Crippen LogP contribution >= 0.6 is 0 Å². The van der Waals surface area contributed by atoms with E-state index < -0.39 is 29.5 Å². The Labute approximate surface area is 133 Å². The molecule has 118 valence electrons. The number of likely N-dealkylation sites (tertiary alicyclic amines) is 1. The highest BCUT2D eigenvalue weighted by Gasteiger charge is 2.66. The van der Waals surface area contributed by atoms with E-state index in [1.807, 2.05) is 48.6 Å². The number of carboxylic acid groups (broad SMARTS) is 1. The molecule has 2 fully saturated rings. The average Bonchev–Trinajstić information content (AvgIpc) is 3.17. The predicted octanol–water partition coefficient (Wildman–Crippen LogP) is 1.57. The van der Waals surface area contributed by atoms with Crippen LogP contribution in [0.2, 0.25) is 0 Å². The molecule has 0 aliphatic carbocycles. The van der Waals surface area contributed by atoms with Gasteiger partial charge >= 0.3 is 5.97 Å². The number of carbonyl (C=O) groups is 2. The molecule has 4 rings (SSSR count). The summed E-state index contributed by atoms with van der Waals surface area (Å²) in [7, 11) is 0. The Bertz CT molecular complexity index is 711. The Balaban J connectivity index is 1.51. The maximum atomic E-state index is 12.6. The Hall–Kier alpha value is -2.40. The van der Waals surface area contributed by atoms with Gasteiger partial charge in [-0.1, -0.05) is 54.6 Å². The molecule has 0 aromatic heterocycles. The standard InChI is InChI=1S/C18H17NO4/c20-16-15-14(17(21)22)13-8-9-18(15,23-13)11-19(16)10-4-7-12-5-2-1-3-6-12/h1-9,13-15H,10-11H2,(H,21,22)/b7-4+/t13-,14-,15+,18-/m1/s1. The van der Waals surface area contributed by atoms with Crippen LogP contribution in [0.4, 0.5) is 0 Å². The molecule has 5 heteroatoms. The van der Waals surface area contributed by atoms with Crippen LogP contribution < -0.4 is 0 Å². The molecule has 0 radical (unpaired) electrons. The summed E-state index contributed by atoms with van der Waals surface area (Å²) in [5.74, 6) is -2.45. The van der Waals surface area contributed by atoms with Crippen LogP contribution in [0.15, 0.2) is 48.6 Å². The summed E-state index contributed by atoms with van der Waals surface area (Å²) in [6.45, 7) is 0.882. The van der Waals surface area contributed by atoms with E-state index in [9.17, 15) is 14.7 Å². The largest absolute Gasteiger partial charge is 0.481 e. The van der Waals surface area contributed by atoms with Gasteiger partial charge in [-0.25, -0.2) is 0 Å². The number of fused-ring (bicyclic) bond motifs is 1. The van der Waals surface area contributed by atoms with E-state index in [4.69, 9.17) is 4.74 Å². The van der Waals surface area contributed by atoms with Crippen molar-refractivity contribution in [3.8, 4) is 0 Å². The molecule has 0 unspecified atom stereocenters. The maximum Gasteiger partial charge on any atom is 0.310 e. The highest BCUT2D eigenvalue weighted by molar-refractivity contribution is 5.90.